The van der Waals surface area contributed by atoms with Crippen LogP contribution in [-0.4, -0.2) is 74.9 Å². The van der Waals surface area contributed by atoms with E-state index in [-0.39, 0.29) is 28.9 Å². The summed E-state index contributed by atoms with van der Waals surface area (Å²) in [5.41, 5.74) is -1.02. The first kappa shape index (κ1) is 22.3. The first-order chi connectivity index (χ1) is 15.3. The molecular weight excluding hydrogens is 463 g/mol. The molecule has 1 aliphatic carbocycles. The van der Waals surface area contributed by atoms with E-state index in [1.807, 2.05) is 0 Å². The summed E-state index contributed by atoms with van der Waals surface area (Å²) in [4.78, 5) is 27.0. The number of likely N-dealkylation sites (tertiary alicyclic amines) is 2. The van der Waals surface area contributed by atoms with E-state index >= 15 is 0 Å². The van der Waals surface area contributed by atoms with Crippen molar-refractivity contribution in [2.75, 3.05) is 39.0 Å². The summed E-state index contributed by atoms with van der Waals surface area (Å²) >= 11 is 0. The van der Waals surface area contributed by atoms with Gasteiger partial charge in [0, 0.05) is 24.8 Å². The number of hydrogen-bond acceptors (Lipinski definition) is 5. The molecule has 2 spiro atoms. The number of urea groups is 1. The number of halogens is 3. The summed E-state index contributed by atoms with van der Waals surface area (Å²) in [6, 6.07) is 2.85. The highest BCUT2D eigenvalue weighted by Gasteiger charge is 2.57. The Hall–Kier alpha value is -2.50. The van der Waals surface area contributed by atoms with Crippen LogP contribution < -0.4 is 5.32 Å². The van der Waals surface area contributed by atoms with Gasteiger partial charge in [0.1, 0.15) is 12.1 Å². The van der Waals surface area contributed by atoms with E-state index in [1.165, 1.54) is 6.07 Å². The van der Waals surface area contributed by atoms with Gasteiger partial charge in [-0.05, 0) is 42.9 Å². The van der Waals surface area contributed by atoms with Crippen LogP contribution in [0.4, 0.5) is 22.8 Å². The smallest absolute Gasteiger partial charge is 0.416 e. The van der Waals surface area contributed by atoms with Crippen LogP contribution in [0.2, 0.25) is 0 Å². The Balaban J connectivity index is 1.15. The number of sulfone groups is 1. The molecule has 1 N–H and O–H groups in total. The lowest BCUT2D eigenvalue weighted by Crippen LogP contribution is -2.74. The van der Waals surface area contributed by atoms with E-state index in [1.54, 1.807) is 9.80 Å². The van der Waals surface area contributed by atoms with E-state index in [0.717, 1.165) is 31.2 Å². The topological polar surface area (TPSA) is 96.0 Å². The number of amides is 3. The van der Waals surface area contributed by atoms with Crippen molar-refractivity contribution in [3.05, 3.63) is 29.3 Å². The van der Waals surface area contributed by atoms with Crippen molar-refractivity contribution in [1.82, 2.24) is 15.1 Å². The third-order valence-electron chi connectivity index (χ3n) is 7.17. The Morgan fingerprint density at radius 3 is 2.36 bits per heavy atom. The minimum atomic E-state index is -4.60. The van der Waals surface area contributed by atoms with Gasteiger partial charge in [-0.3, -0.25) is 0 Å². The second-order valence-electron chi connectivity index (χ2n) is 10.0. The minimum absolute atomic E-state index is 0.00469. The number of ether oxygens (including phenoxy) is 1. The summed E-state index contributed by atoms with van der Waals surface area (Å²) in [5, 5.41) is 2.74. The Kier molecular flexibility index (Phi) is 4.73. The van der Waals surface area contributed by atoms with Crippen LogP contribution in [0.5, 0.6) is 0 Å². The zero-order valence-corrected chi connectivity index (χ0v) is 18.8. The van der Waals surface area contributed by atoms with Crippen LogP contribution in [0.15, 0.2) is 23.1 Å². The molecule has 8 nitrogen and oxygen atoms in total. The van der Waals surface area contributed by atoms with Gasteiger partial charge in [0.05, 0.1) is 23.5 Å². The van der Waals surface area contributed by atoms with Crippen molar-refractivity contribution in [1.29, 1.82) is 0 Å². The number of nitrogens with zero attached hydrogens (tertiary/aromatic N) is 2. The molecule has 33 heavy (non-hydrogen) atoms. The molecule has 0 atom stereocenters. The first-order valence-electron chi connectivity index (χ1n) is 10.7. The van der Waals surface area contributed by atoms with Gasteiger partial charge in [0.2, 0.25) is 0 Å². The molecule has 1 aromatic carbocycles. The Morgan fingerprint density at radius 2 is 1.82 bits per heavy atom. The van der Waals surface area contributed by atoms with E-state index in [4.69, 9.17) is 4.74 Å². The summed E-state index contributed by atoms with van der Waals surface area (Å²) in [6.45, 7) is 2.33. The molecule has 0 aromatic heterocycles. The maximum atomic E-state index is 13.0. The van der Waals surface area contributed by atoms with Crippen LogP contribution in [0.25, 0.3) is 0 Å². The monoisotopic (exact) mass is 487 g/mol. The van der Waals surface area contributed by atoms with Crippen LogP contribution in [0.3, 0.4) is 0 Å². The number of nitrogens with one attached hydrogen (secondary N) is 1. The number of cyclic esters (lactones) is 1. The second-order valence-corrected chi connectivity index (χ2v) is 12.0. The quantitative estimate of drug-likeness (QED) is 0.706. The molecule has 1 saturated carbocycles. The lowest BCUT2D eigenvalue weighted by molar-refractivity contribution is -0.137. The highest BCUT2D eigenvalue weighted by molar-refractivity contribution is 7.90. The molecule has 3 aliphatic heterocycles. The lowest BCUT2D eigenvalue weighted by Gasteiger charge is -2.61. The van der Waals surface area contributed by atoms with Crippen LogP contribution in [0, 0.1) is 11.3 Å². The molecule has 0 bridgehead atoms. The number of alkyl halides is 3. The summed E-state index contributed by atoms with van der Waals surface area (Å²) in [5.74, 6) is 0.164. The summed E-state index contributed by atoms with van der Waals surface area (Å²) in [7, 11) is -3.80. The molecule has 4 aliphatic rings. The molecule has 4 fully saturated rings. The van der Waals surface area contributed by atoms with Crippen molar-refractivity contribution in [3.63, 3.8) is 0 Å². The SMILES string of the molecule is CS(=O)(=O)c1cc(C(F)(F)F)ccc1CC1CC2(C1)CN(C(=O)N1CC3(COC(=O)N3)C1)C2. The Bertz CT molecular complexity index is 1120. The molecule has 3 saturated heterocycles. The predicted molar refractivity (Wildman–Crippen MR) is 109 cm³/mol. The molecule has 0 unspecified atom stereocenters. The maximum Gasteiger partial charge on any atom is 0.416 e. The van der Waals surface area contributed by atoms with Gasteiger partial charge in [0.25, 0.3) is 0 Å². The van der Waals surface area contributed by atoms with E-state index in [2.05, 4.69) is 5.32 Å². The van der Waals surface area contributed by atoms with Crippen LogP contribution in [0.1, 0.15) is 24.0 Å². The highest BCUT2D eigenvalue weighted by atomic mass is 32.2. The van der Waals surface area contributed by atoms with Gasteiger partial charge in [-0.1, -0.05) is 6.07 Å². The summed E-state index contributed by atoms with van der Waals surface area (Å²) < 4.78 is 68.2. The highest BCUT2D eigenvalue weighted by Crippen LogP contribution is 2.53. The average molecular weight is 488 g/mol. The zero-order valence-electron chi connectivity index (χ0n) is 17.9. The number of carbonyl (C=O) groups is 2. The maximum absolute atomic E-state index is 13.0. The number of alkyl carbamates (subject to hydrolysis) is 1. The van der Waals surface area contributed by atoms with E-state index in [9.17, 15) is 31.2 Å². The van der Waals surface area contributed by atoms with Gasteiger partial charge in [-0.25, -0.2) is 18.0 Å². The molecule has 12 heteroatoms. The Labute approximate surface area is 189 Å². The molecular formula is C21H24F3N3O5S. The molecule has 3 heterocycles. The van der Waals surface area contributed by atoms with Crippen molar-refractivity contribution in [2.24, 2.45) is 11.3 Å². The normalized spacial score (nSPS) is 23.6. The standard InChI is InChI=1S/C21H24F3N3O5S/c1-33(30,31)16-5-15(21(22,23)24)3-2-14(16)4-13-6-19(7-13)8-26(9-19)18(29)27-10-20(11-27)12-32-17(28)25-20/h2-3,5,13H,4,6-12H2,1H3,(H,25,28). The van der Waals surface area contributed by atoms with Gasteiger partial charge < -0.3 is 19.9 Å². The van der Waals surface area contributed by atoms with Gasteiger partial charge >= 0.3 is 18.3 Å². The van der Waals surface area contributed by atoms with Gasteiger partial charge in [0.15, 0.2) is 9.84 Å². The minimum Gasteiger partial charge on any atom is -0.447 e. The molecule has 180 valence electrons. The number of rotatable bonds is 3. The fourth-order valence-corrected chi connectivity index (χ4v) is 6.67. The van der Waals surface area contributed by atoms with Crippen molar-refractivity contribution in [2.45, 2.75) is 35.9 Å². The van der Waals surface area contributed by atoms with Gasteiger partial charge in [-0.2, -0.15) is 13.2 Å². The number of benzene rings is 1. The third-order valence-corrected chi connectivity index (χ3v) is 8.35. The molecule has 1 aromatic rings. The molecule has 3 amide bonds. The first-order valence-corrected chi connectivity index (χ1v) is 12.6. The second kappa shape index (κ2) is 7.00. The van der Waals surface area contributed by atoms with E-state index in [0.29, 0.717) is 38.2 Å². The zero-order chi connectivity index (χ0) is 23.8. The number of hydrogen-bond donors (Lipinski definition) is 1. The van der Waals surface area contributed by atoms with Crippen molar-refractivity contribution in [3.8, 4) is 0 Å². The molecule has 5 rings (SSSR count). The fraction of sp³-hybridized carbons (Fsp3) is 0.619. The van der Waals surface area contributed by atoms with Gasteiger partial charge in [-0.15, -0.1) is 0 Å². The van der Waals surface area contributed by atoms with E-state index < -0.39 is 33.2 Å². The summed E-state index contributed by atoms with van der Waals surface area (Å²) in [6.07, 6.45) is -2.15. The third kappa shape index (κ3) is 3.91. The lowest BCUT2D eigenvalue weighted by atomic mass is 9.56. The largest absolute Gasteiger partial charge is 0.447 e. The van der Waals surface area contributed by atoms with Crippen molar-refractivity contribution >= 4 is 22.0 Å². The van der Waals surface area contributed by atoms with Crippen LogP contribution >= 0.6 is 0 Å². The Morgan fingerprint density at radius 1 is 1.18 bits per heavy atom. The fourth-order valence-electron chi connectivity index (χ4n) is 5.70. The van der Waals surface area contributed by atoms with Crippen molar-refractivity contribution < 1.29 is 35.9 Å². The molecule has 0 radical (unpaired) electrons. The average Bonchev–Trinajstić information content (AvgIpc) is 3.01. The number of carbonyl (C=O) groups excluding carboxylic acids is 2. The predicted octanol–water partition coefficient (Wildman–Crippen LogP) is 2.28. The van der Waals surface area contributed by atoms with Crippen LogP contribution in [-0.2, 0) is 27.2 Å².